The number of thiazole rings is 1. The van der Waals surface area contributed by atoms with E-state index in [0.717, 1.165) is 5.01 Å². The monoisotopic (exact) mass is 301 g/mol. The number of aryl methyl sites for hydroxylation is 1. The maximum atomic E-state index is 12.1. The highest BCUT2D eigenvalue weighted by Gasteiger charge is 2.23. The molecular weight excluding hydrogens is 286 g/mol. The van der Waals surface area contributed by atoms with Gasteiger partial charge < -0.3 is 10.3 Å². The van der Waals surface area contributed by atoms with Crippen molar-refractivity contribution in [2.45, 2.75) is 17.9 Å². The van der Waals surface area contributed by atoms with Crippen molar-refractivity contribution >= 4 is 27.2 Å². The molecule has 1 atom stereocenters. The minimum Gasteiger partial charge on any atom is -0.381 e. The highest BCUT2D eigenvalue weighted by atomic mass is 32.2. The average molecular weight is 301 g/mol. The summed E-state index contributed by atoms with van der Waals surface area (Å²) in [6, 6.07) is 0. The van der Waals surface area contributed by atoms with Crippen molar-refractivity contribution in [2.75, 3.05) is 12.3 Å². The van der Waals surface area contributed by atoms with Crippen LogP contribution in [0.2, 0.25) is 0 Å². The molecule has 9 heteroatoms. The third-order valence-electron chi connectivity index (χ3n) is 2.62. The fourth-order valence-electron chi connectivity index (χ4n) is 1.63. The van der Waals surface area contributed by atoms with Gasteiger partial charge in [-0.25, -0.2) is 23.1 Å². The van der Waals surface area contributed by atoms with E-state index in [0.29, 0.717) is 0 Å². The number of hydrogen-bond donors (Lipinski definition) is 2. The molecule has 2 aromatic heterocycles. The summed E-state index contributed by atoms with van der Waals surface area (Å²) in [4.78, 5) is 7.93. The Morgan fingerprint density at radius 3 is 2.79 bits per heavy atom. The molecule has 0 fully saturated rings. The Bertz CT molecular complexity index is 628. The minimum absolute atomic E-state index is 0.00287. The highest BCUT2D eigenvalue weighted by molar-refractivity contribution is 7.89. The summed E-state index contributed by atoms with van der Waals surface area (Å²) in [7, 11) is -2.08. The second-order valence-electron chi connectivity index (χ2n) is 4.17. The van der Waals surface area contributed by atoms with E-state index in [-0.39, 0.29) is 23.3 Å². The molecule has 0 bridgehead atoms. The first-order valence-corrected chi connectivity index (χ1v) is 7.94. The van der Waals surface area contributed by atoms with Crippen molar-refractivity contribution in [1.29, 1.82) is 0 Å². The largest absolute Gasteiger partial charge is 0.381 e. The highest BCUT2D eigenvalue weighted by Crippen LogP contribution is 2.19. The van der Waals surface area contributed by atoms with E-state index in [1.54, 1.807) is 13.2 Å². The van der Waals surface area contributed by atoms with Crippen LogP contribution in [0, 0.1) is 0 Å². The fraction of sp³-hybridized carbons (Fsp3) is 0.400. The number of imidazole rings is 1. The van der Waals surface area contributed by atoms with E-state index in [9.17, 15) is 8.42 Å². The standard InChI is InChI=1S/C10H15N5O2S2/c1-7(9-12-3-4-18-9)5-14-19(16,17)10-8(11)13-6-15(10)2/h3-4,6-7,14H,5,11H2,1-2H3. The van der Waals surface area contributed by atoms with E-state index in [1.165, 1.54) is 22.2 Å². The van der Waals surface area contributed by atoms with Crippen molar-refractivity contribution in [2.24, 2.45) is 7.05 Å². The van der Waals surface area contributed by atoms with E-state index < -0.39 is 10.0 Å². The van der Waals surface area contributed by atoms with Gasteiger partial charge in [-0.2, -0.15) is 0 Å². The predicted octanol–water partition coefficient (Wildman–Crippen LogP) is 0.541. The van der Waals surface area contributed by atoms with Crippen LogP contribution in [0.4, 0.5) is 5.82 Å². The van der Waals surface area contributed by atoms with E-state index in [2.05, 4.69) is 14.7 Å². The van der Waals surface area contributed by atoms with Crippen molar-refractivity contribution in [3.05, 3.63) is 22.9 Å². The number of nitrogen functional groups attached to an aromatic ring is 1. The normalized spacial score (nSPS) is 13.6. The summed E-state index contributed by atoms with van der Waals surface area (Å²) < 4.78 is 28.2. The first kappa shape index (κ1) is 14.0. The molecule has 0 aliphatic rings. The van der Waals surface area contributed by atoms with Crippen LogP contribution in [0.25, 0.3) is 0 Å². The molecule has 7 nitrogen and oxygen atoms in total. The van der Waals surface area contributed by atoms with Crippen LogP contribution in [0.5, 0.6) is 0 Å². The van der Waals surface area contributed by atoms with Gasteiger partial charge in [0.2, 0.25) is 0 Å². The predicted molar refractivity (Wildman–Crippen MR) is 73.3 cm³/mol. The van der Waals surface area contributed by atoms with Gasteiger partial charge in [0.1, 0.15) is 0 Å². The lowest BCUT2D eigenvalue weighted by atomic mass is 10.2. The molecule has 1 unspecified atom stereocenters. The van der Waals surface area contributed by atoms with Crippen LogP contribution in [-0.4, -0.2) is 29.5 Å². The van der Waals surface area contributed by atoms with Crippen LogP contribution < -0.4 is 10.5 Å². The first-order chi connectivity index (χ1) is 8.92. The molecule has 0 aliphatic heterocycles. The quantitative estimate of drug-likeness (QED) is 0.839. The Morgan fingerprint density at radius 2 is 2.26 bits per heavy atom. The SMILES string of the molecule is CC(CNS(=O)(=O)c1c(N)ncn1C)c1nccs1. The van der Waals surface area contributed by atoms with Gasteiger partial charge in [0.25, 0.3) is 10.0 Å². The van der Waals surface area contributed by atoms with Gasteiger partial charge in [0, 0.05) is 31.1 Å². The molecule has 2 heterocycles. The topological polar surface area (TPSA) is 103 Å². The van der Waals surface area contributed by atoms with Gasteiger partial charge in [-0.15, -0.1) is 11.3 Å². The number of hydrogen-bond acceptors (Lipinski definition) is 6. The second-order valence-corrected chi connectivity index (χ2v) is 6.78. The number of anilines is 1. The van der Waals surface area contributed by atoms with Crippen molar-refractivity contribution in [1.82, 2.24) is 19.3 Å². The van der Waals surface area contributed by atoms with E-state index >= 15 is 0 Å². The van der Waals surface area contributed by atoms with Crippen LogP contribution >= 0.6 is 11.3 Å². The number of nitrogens with one attached hydrogen (secondary N) is 1. The molecule has 2 rings (SSSR count). The maximum absolute atomic E-state index is 12.1. The lowest BCUT2D eigenvalue weighted by molar-refractivity contribution is 0.565. The number of sulfonamides is 1. The third kappa shape index (κ3) is 2.94. The lowest BCUT2D eigenvalue weighted by Crippen LogP contribution is -2.29. The molecule has 0 saturated carbocycles. The van der Waals surface area contributed by atoms with E-state index in [1.807, 2.05) is 12.3 Å². The zero-order chi connectivity index (χ0) is 14.0. The van der Waals surface area contributed by atoms with Crippen LogP contribution in [0.15, 0.2) is 22.9 Å². The molecule has 0 spiro atoms. The summed E-state index contributed by atoms with van der Waals surface area (Å²) in [5.74, 6) is 0.00105. The van der Waals surface area contributed by atoms with Gasteiger partial charge in [-0.1, -0.05) is 6.92 Å². The molecule has 3 N–H and O–H groups in total. The molecule has 19 heavy (non-hydrogen) atoms. The van der Waals surface area contributed by atoms with Crippen LogP contribution in [0.3, 0.4) is 0 Å². The van der Waals surface area contributed by atoms with Crippen LogP contribution in [0.1, 0.15) is 17.8 Å². The molecule has 2 aromatic rings. The Labute approximate surface area is 115 Å². The van der Waals surface area contributed by atoms with Crippen molar-refractivity contribution in [3.8, 4) is 0 Å². The maximum Gasteiger partial charge on any atom is 0.260 e. The van der Waals surface area contributed by atoms with Gasteiger partial charge >= 0.3 is 0 Å². The van der Waals surface area contributed by atoms with Gasteiger partial charge in [0.05, 0.1) is 11.3 Å². The molecule has 0 radical (unpaired) electrons. The third-order valence-corrected chi connectivity index (χ3v) is 5.18. The van der Waals surface area contributed by atoms with Crippen LogP contribution in [-0.2, 0) is 17.1 Å². The van der Waals surface area contributed by atoms with Gasteiger partial charge in [-0.05, 0) is 0 Å². The number of aromatic nitrogens is 3. The molecule has 0 saturated heterocycles. The summed E-state index contributed by atoms with van der Waals surface area (Å²) >= 11 is 1.50. The lowest BCUT2D eigenvalue weighted by Gasteiger charge is -2.11. The zero-order valence-corrected chi connectivity index (χ0v) is 12.2. The summed E-state index contributed by atoms with van der Waals surface area (Å²) in [5.41, 5.74) is 5.57. The summed E-state index contributed by atoms with van der Waals surface area (Å²) in [5, 5.41) is 2.74. The molecule has 0 aromatic carbocycles. The number of nitrogens with zero attached hydrogens (tertiary/aromatic N) is 3. The molecule has 0 amide bonds. The molecule has 0 aliphatic carbocycles. The number of nitrogens with two attached hydrogens (primary N) is 1. The van der Waals surface area contributed by atoms with Crippen molar-refractivity contribution in [3.63, 3.8) is 0 Å². The smallest absolute Gasteiger partial charge is 0.260 e. The summed E-state index contributed by atoms with van der Waals surface area (Å²) in [6.45, 7) is 2.18. The second kappa shape index (κ2) is 5.27. The average Bonchev–Trinajstić information content (AvgIpc) is 2.96. The molecular formula is C10H15N5O2S2. The Hall–Kier alpha value is -1.45. The van der Waals surface area contributed by atoms with E-state index in [4.69, 9.17) is 5.73 Å². The molecule has 104 valence electrons. The fourth-order valence-corrected chi connectivity index (χ4v) is 3.69. The Balaban J connectivity index is 2.11. The Morgan fingerprint density at radius 1 is 1.53 bits per heavy atom. The van der Waals surface area contributed by atoms with Crippen molar-refractivity contribution < 1.29 is 8.42 Å². The van der Waals surface area contributed by atoms with Gasteiger partial charge in [-0.3, -0.25) is 0 Å². The minimum atomic E-state index is -3.66. The number of rotatable bonds is 5. The van der Waals surface area contributed by atoms with Gasteiger partial charge in [0.15, 0.2) is 10.8 Å². The first-order valence-electron chi connectivity index (χ1n) is 5.57. The summed E-state index contributed by atoms with van der Waals surface area (Å²) in [6.07, 6.45) is 3.07. The zero-order valence-electron chi connectivity index (χ0n) is 10.6. The Kier molecular flexibility index (Phi) is 3.88.